The van der Waals surface area contributed by atoms with E-state index < -0.39 is 5.09 Å². The van der Waals surface area contributed by atoms with Crippen molar-refractivity contribution in [1.29, 1.82) is 0 Å². The lowest BCUT2D eigenvalue weighted by Crippen LogP contribution is -2.29. The Labute approximate surface area is 165 Å². The second kappa shape index (κ2) is 10.9. The molecule has 2 aromatic rings. The second-order valence-electron chi connectivity index (χ2n) is 5.69. The molecule has 2 aromatic carbocycles. The Balaban J connectivity index is 1.76. The summed E-state index contributed by atoms with van der Waals surface area (Å²) in [5.41, 5.74) is 0.962. The summed E-state index contributed by atoms with van der Waals surface area (Å²) in [6.07, 6.45) is 0. The molecule has 1 atom stereocenters. The normalized spacial score (nSPS) is 11.8. The first-order valence-corrected chi connectivity index (χ1v) is 10.9. The minimum atomic E-state index is -0.796. The number of amides is 1. The molecule has 9 heteroatoms. The molecule has 0 heterocycles. The van der Waals surface area contributed by atoms with E-state index in [2.05, 4.69) is 10.2 Å². The van der Waals surface area contributed by atoms with Gasteiger partial charge in [-0.2, -0.15) is 0 Å². The topological polar surface area (TPSA) is 90.7 Å². The van der Waals surface area contributed by atoms with E-state index in [0.717, 1.165) is 27.8 Å². The van der Waals surface area contributed by atoms with Gasteiger partial charge in [-0.15, -0.1) is 10.1 Å². The van der Waals surface area contributed by atoms with Crippen LogP contribution in [0, 0.1) is 10.1 Å². The molecule has 0 fully saturated rings. The fourth-order valence-corrected chi connectivity index (χ4v) is 4.15. The fourth-order valence-electron chi connectivity index (χ4n) is 2.42. The van der Waals surface area contributed by atoms with Crippen molar-refractivity contribution in [3.63, 3.8) is 0 Å². The summed E-state index contributed by atoms with van der Waals surface area (Å²) in [4.78, 5) is 26.6. The van der Waals surface area contributed by atoms with Gasteiger partial charge in [-0.1, -0.05) is 45.9 Å². The number of ether oxygens (including phenoxy) is 1. The lowest BCUT2D eigenvalue weighted by Gasteiger charge is -2.13. The minimum absolute atomic E-state index is 0.0230. The van der Waals surface area contributed by atoms with E-state index in [1.807, 2.05) is 43.3 Å². The molecule has 0 radical (unpaired) electrons. The molecule has 0 bridgehead atoms. The van der Waals surface area contributed by atoms with E-state index in [9.17, 15) is 14.9 Å². The molecule has 1 N–H and O–H groups in total. The Hall–Kier alpha value is -2.13. The number of hydrogen-bond donors (Lipinski definition) is 1. The summed E-state index contributed by atoms with van der Waals surface area (Å²) in [5, 5.41) is 14.3. The van der Waals surface area contributed by atoms with Gasteiger partial charge in [-0.25, -0.2) is 0 Å². The smallest absolute Gasteiger partial charge is 0.294 e. The average molecular weight is 411 g/mol. The molecule has 0 saturated heterocycles. The Kier molecular flexibility index (Phi) is 8.53. The summed E-state index contributed by atoms with van der Waals surface area (Å²) in [6.45, 7) is 2.50. The number of carbonyl (C=O) groups excluding carboxylic acids is 1. The molecule has 1 amide bonds. The summed E-state index contributed by atoms with van der Waals surface area (Å²) in [6, 6.07) is 11.8. The van der Waals surface area contributed by atoms with Crippen LogP contribution in [-0.2, 0) is 9.63 Å². The Morgan fingerprint density at radius 3 is 2.63 bits per heavy atom. The maximum Gasteiger partial charge on any atom is 0.294 e. The van der Waals surface area contributed by atoms with Crippen molar-refractivity contribution in [2.45, 2.75) is 12.8 Å². The number of hydrogen-bond acceptors (Lipinski definition) is 7. The number of carbonyl (C=O) groups is 1. The van der Waals surface area contributed by atoms with Crippen LogP contribution in [-0.4, -0.2) is 42.8 Å². The van der Waals surface area contributed by atoms with Crippen molar-refractivity contribution in [2.75, 3.05) is 31.8 Å². The predicted octanol–water partition coefficient (Wildman–Crippen LogP) is 3.66. The van der Waals surface area contributed by atoms with E-state index in [1.165, 1.54) is 10.8 Å². The third kappa shape index (κ3) is 6.84. The van der Waals surface area contributed by atoms with Crippen LogP contribution in [0.1, 0.15) is 18.4 Å². The van der Waals surface area contributed by atoms with Gasteiger partial charge in [0.05, 0.1) is 13.0 Å². The van der Waals surface area contributed by atoms with Crippen LogP contribution in [0.4, 0.5) is 0 Å². The molecular weight excluding hydrogens is 388 g/mol. The molecule has 1 unspecified atom stereocenters. The summed E-state index contributed by atoms with van der Waals surface area (Å²) in [7, 11) is 4.67. The number of benzene rings is 2. The molecule has 2 rings (SSSR count). The monoisotopic (exact) mass is 410 g/mol. The molecule has 146 valence electrons. The summed E-state index contributed by atoms with van der Waals surface area (Å²) >= 11 is 0. The highest BCUT2D eigenvalue weighted by Crippen LogP contribution is 2.25. The molecule has 0 aliphatic rings. The highest BCUT2D eigenvalue weighted by molar-refractivity contribution is 8.76. The molecule has 0 aliphatic heterocycles. The fraction of sp³-hybridized carbons (Fsp3) is 0.389. The van der Waals surface area contributed by atoms with Gasteiger partial charge in [0, 0.05) is 18.1 Å². The molecule has 0 spiro atoms. The van der Waals surface area contributed by atoms with E-state index in [-0.39, 0.29) is 18.4 Å². The zero-order valence-corrected chi connectivity index (χ0v) is 16.8. The maximum absolute atomic E-state index is 12.3. The van der Waals surface area contributed by atoms with Gasteiger partial charge < -0.3 is 14.9 Å². The highest BCUT2D eigenvalue weighted by Gasteiger charge is 2.15. The van der Waals surface area contributed by atoms with Crippen LogP contribution in [0.3, 0.4) is 0 Å². The number of nitrogens with one attached hydrogen (secondary N) is 1. The van der Waals surface area contributed by atoms with Crippen molar-refractivity contribution >= 4 is 38.3 Å². The predicted molar refractivity (Wildman–Crippen MR) is 110 cm³/mol. The van der Waals surface area contributed by atoms with Crippen molar-refractivity contribution in [2.24, 2.45) is 0 Å². The van der Waals surface area contributed by atoms with E-state index in [1.54, 1.807) is 17.9 Å². The van der Waals surface area contributed by atoms with Gasteiger partial charge in [0.1, 0.15) is 12.4 Å². The van der Waals surface area contributed by atoms with Crippen molar-refractivity contribution in [1.82, 2.24) is 5.32 Å². The summed E-state index contributed by atoms with van der Waals surface area (Å²) in [5.74, 6) is 1.78. The largest absolute Gasteiger partial charge is 0.497 e. The molecule has 0 aliphatic carbocycles. The van der Waals surface area contributed by atoms with Crippen LogP contribution in [0.5, 0.6) is 5.75 Å². The molecule has 0 aromatic heterocycles. The highest BCUT2D eigenvalue weighted by atomic mass is 33.1. The zero-order chi connectivity index (χ0) is 19.6. The SMILES string of the molecule is COc1ccc2cc(C(C)C(=O)NCCSSCCO[N+](=O)[O-])ccc2c1. The third-order valence-corrected chi connectivity index (χ3v) is 6.27. The van der Waals surface area contributed by atoms with Crippen molar-refractivity contribution < 1.29 is 19.5 Å². The van der Waals surface area contributed by atoms with Gasteiger partial charge in [0.2, 0.25) is 5.91 Å². The van der Waals surface area contributed by atoms with Crippen molar-refractivity contribution in [3.05, 3.63) is 52.1 Å². The van der Waals surface area contributed by atoms with Gasteiger partial charge in [-0.05, 0) is 35.4 Å². The Morgan fingerprint density at radius 2 is 1.89 bits per heavy atom. The average Bonchev–Trinajstić information content (AvgIpc) is 2.68. The number of nitrogens with zero attached hydrogens (tertiary/aromatic N) is 1. The van der Waals surface area contributed by atoms with Crippen LogP contribution in [0.2, 0.25) is 0 Å². The number of methoxy groups -OCH3 is 1. The van der Waals surface area contributed by atoms with Crippen molar-refractivity contribution in [3.8, 4) is 5.75 Å². The lowest BCUT2D eigenvalue weighted by atomic mass is 9.97. The number of fused-ring (bicyclic) bond motifs is 1. The van der Waals surface area contributed by atoms with Gasteiger partial charge in [-0.3, -0.25) is 4.79 Å². The molecule has 27 heavy (non-hydrogen) atoms. The summed E-state index contributed by atoms with van der Waals surface area (Å²) < 4.78 is 5.23. The molecular formula is C18H22N2O5S2. The van der Waals surface area contributed by atoms with E-state index in [0.29, 0.717) is 12.3 Å². The molecule has 7 nitrogen and oxygen atoms in total. The first kappa shape index (κ1) is 21.2. The van der Waals surface area contributed by atoms with Gasteiger partial charge >= 0.3 is 0 Å². The third-order valence-electron chi connectivity index (χ3n) is 3.90. The first-order chi connectivity index (χ1) is 13.0. The quantitative estimate of drug-likeness (QED) is 0.262. The Bertz CT molecular complexity index is 787. The van der Waals surface area contributed by atoms with Gasteiger partial charge in [0.15, 0.2) is 0 Å². The van der Waals surface area contributed by atoms with Crippen LogP contribution < -0.4 is 10.1 Å². The number of rotatable bonds is 11. The first-order valence-electron chi connectivity index (χ1n) is 8.38. The second-order valence-corrected chi connectivity index (χ2v) is 8.39. The standard InChI is InChI=1S/C18H22N2O5S2/c1-13(18(21)19-7-9-26-27-10-8-25-20(22)23)14-3-4-16-12-17(24-2)6-5-15(16)11-14/h3-6,11-13H,7-10H2,1-2H3,(H,19,21). The van der Waals surface area contributed by atoms with E-state index >= 15 is 0 Å². The molecule has 0 saturated carbocycles. The lowest BCUT2D eigenvalue weighted by molar-refractivity contribution is -0.756. The maximum atomic E-state index is 12.3. The van der Waals surface area contributed by atoms with Crippen LogP contribution in [0.25, 0.3) is 10.8 Å². The zero-order valence-electron chi connectivity index (χ0n) is 15.2. The van der Waals surface area contributed by atoms with Crippen LogP contribution >= 0.6 is 21.6 Å². The Morgan fingerprint density at radius 1 is 1.19 bits per heavy atom. The van der Waals surface area contributed by atoms with E-state index in [4.69, 9.17) is 4.74 Å². The van der Waals surface area contributed by atoms with Crippen LogP contribution in [0.15, 0.2) is 36.4 Å². The van der Waals surface area contributed by atoms with Gasteiger partial charge in [0.25, 0.3) is 5.09 Å². The minimum Gasteiger partial charge on any atom is -0.497 e.